The molecule has 0 radical (unpaired) electrons. The van der Waals surface area contributed by atoms with Crippen molar-refractivity contribution in [3.63, 3.8) is 0 Å². The van der Waals surface area contributed by atoms with Crippen molar-refractivity contribution in [3.8, 4) is 17.5 Å². The zero-order valence-corrected chi connectivity index (χ0v) is 27.4. The Morgan fingerprint density at radius 3 is 2.74 bits per heavy atom. The van der Waals surface area contributed by atoms with Crippen LogP contribution in [0.5, 0.6) is 0 Å². The molecule has 0 spiro atoms. The third-order valence-corrected chi connectivity index (χ3v) is 12.6. The molecule has 0 amide bonds. The van der Waals surface area contributed by atoms with Crippen LogP contribution in [-0.2, 0) is 11.2 Å². The Balaban J connectivity index is 1.22. The maximum absolute atomic E-state index is 13.8. The number of esters is 1. The molecule has 1 aromatic carbocycles. The van der Waals surface area contributed by atoms with Crippen LogP contribution in [0.4, 0.5) is 4.39 Å². The second kappa shape index (κ2) is 12.1. The third-order valence-electron chi connectivity index (χ3n) is 11.1. The minimum absolute atomic E-state index is 0.0349. The van der Waals surface area contributed by atoms with Crippen LogP contribution in [0.15, 0.2) is 41.4 Å². The Morgan fingerprint density at radius 1 is 1.20 bits per heavy atom. The molecule has 2 aromatic heterocycles. The third kappa shape index (κ3) is 5.14. The standard InChI is InChI=1S/C35H36FN3O5S2/c1-34-18-24-26(39(22-8-6-21(36)7-9-22)38-30(24)33(43)46-15-4-3-14-40)17-20(34)5-10-23-25-11-12-28(35(25,2)19-27(41)29(23)34)44-32(42)31-37-13-16-45-31/h6-9,13,16-17,23,25,27-29,40-41H,5,10-12,14-15,18-19H2,1-2H3/t23-,25-,27-,28+,29+,34-,35-/m0/s1. The van der Waals surface area contributed by atoms with Gasteiger partial charge in [-0.3, -0.25) is 4.79 Å². The van der Waals surface area contributed by atoms with Crippen molar-refractivity contribution in [2.24, 2.45) is 28.6 Å². The van der Waals surface area contributed by atoms with Gasteiger partial charge in [-0.15, -0.1) is 11.3 Å². The van der Waals surface area contributed by atoms with E-state index in [2.05, 4.69) is 36.7 Å². The van der Waals surface area contributed by atoms with Gasteiger partial charge < -0.3 is 14.9 Å². The van der Waals surface area contributed by atoms with E-state index >= 15 is 0 Å². The number of ether oxygens (including phenoxy) is 1. The van der Waals surface area contributed by atoms with Gasteiger partial charge in [0.05, 0.1) is 23.2 Å². The van der Waals surface area contributed by atoms with Crippen molar-refractivity contribution < 1.29 is 28.9 Å². The molecule has 0 saturated heterocycles. The number of hydrogen-bond acceptors (Lipinski definition) is 9. The molecule has 4 aliphatic rings. The molecule has 0 aliphatic heterocycles. The van der Waals surface area contributed by atoms with Crippen LogP contribution in [0.25, 0.3) is 11.8 Å². The predicted molar refractivity (Wildman–Crippen MR) is 174 cm³/mol. The normalized spacial score (nSPS) is 31.0. The summed E-state index contributed by atoms with van der Waals surface area (Å²) in [5.74, 6) is 5.34. The maximum Gasteiger partial charge on any atom is 0.367 e. The molecule has 11 heteroatoms. The number of thiazole rings is 1. The fourth-order valence-corrected chi connectivity index (χ4v) is 10.3. The second-order valence-electron chi connectivity index (χ2n) is 13.4. The molecule has 0 bridgehead atoms. The first-order valence-electron chi connectivity index (χ1n) is 15.7. The Kier molecular flexibility index (Phi) is 8.20. The minimum atomic E-state index is -0.616. The van der Waals surface area contributed by atoms with Gasteiger partial charge in [-0.25, -0.2) is 18.9 Å². The first-order chi connectivity index (χ1) is 22.1. The van der Waals surface area contributed by atoms with Gasteiger partial charge in [-0.05, 0) is 92.0 Å². The Hall–Kier alpha value is -3.30. The van der Waals surface area contributed by atoms with Crippen molar-refractivity contribution in [3.05, 3.63) is 69.2 Å². The molecule has 3 aromatic rings. The highest BCUT2D eigenvalue weighted by Crippen LogP contribution is 2.66. The summed E-state index contributed by atoms with van der Waals surface area (Å²) >= 11 is 2.32. The molecule has 4 aliphatic carbocycles. The van der Waals surface area contributed by atoms with Gasteiger partial charge in [-0.1, -0.05) is 43.0 Å². The number of aliphatic hydroxyl groups excluding tert-OH is 2. The van der Waals surface area contributed by atoms with Gasteiger partial charge in [-0.2, -0.15) is 5.10 Å². The van der Waals surface area contributed by atoms with Gasteiger partial charge in [0, 0.05) is 22.6 Å². The molecule has 7 atom stereocenters. The topological polar surface area (TPSA) is 115 Å². The van der Waals surface area contributed by atoms with Gasteiger partial charge in [0.15, 0.2) is 0 Å². The molecule has 240 valence electrons. The molecule has 2 N–H and O–H groups in total. The summed E-state index contributed by atoms with van der Waals surface area (Å²) in [5.41, 5.74) is 3.13. The number of carbonyl (C=O) groups excluding carboxylic acids is 2. The van der Waals surface area contributed by atoms with Gasteiger partial charge in [0.2, 0.25) is 10.1 Å². The number of aromatic nitrogens is 3. The monoisotopic (exact) mass is 661 g/mol. The number of rotatable bonds is 5. The number of nitrogens with zero attached hydrogens (tertiary/aromatic N) is 3. The first-order valence-corrected chi connectivity index (χ1v) is 17.6. The second-order valence-corrected chi connectivity index (χ2v) is 15.2. The van der Waals surface area contributed by atoms with Crippen molar-refractivity contribution in [1.29, 1.82) is 0 Å². The van der Waals surface area contributed by atoms with Gasteiger partial charge >= 0.3 is 5.97 Å². The molecule has 46 heavy (non-hydrogen) atoms. The van der Waals surface area contributed by atoms with Crippen LogP contribution in [-0.4, -0.2) is 60.6 Å². The SMILES string of the molecule is C[C@]12C[C@H](O)[C@H]3[C@@H](CCC4=Cc5c(c(C(=O)SCC#CCO)nn5-c5ccc(F)cc5)C[C@@]43C)[C@@H]1CC[C@H]2OC(=O)c1nccs1. The summed E-state index contributed by atoms with van der Waals surface area (Å²) in [6, 6.07) is 6.08. The van der Waals surface area contributed by atoms with Crippen molar-refractivity contribution in [2.45, 2.75) is 64.6 Å². The van der Waals surface area contributed by atoms with E-state index in [4.69, 9.17) is 14.9 Å². The number of allylic oxidation sites excluding steroid dienone is 1. The lowest BCUT2D eigenvalue weighted by Gasteiger charge is -2.59. The van der Waals surface area contributed by atoms with E-state index in [0.717, 1.165) is 48.7 Å². The number of fused-ring (bicyclic) bond motifs is 6. The Labute approximate surface area is 275 Å². The highest BCUT2D eigenvalue weighted by Gasteiger charge is 2.63. The number of aliphatic hydroxyl groups is 2. The first kappa shape index (κ1) is 31.3. The summed E-state index contributed by atoms with van der Waals surface area (Å²) in [5, 5.41) is 27.7. The summed E-state index contributed by atoms with van der Waals surface area (Å²) in [4.78, 5) is 30.6. The van der Waals surface area contributed by atoms with Crippen molar-refractivity contribution in [2.75, 3.05) is 12.4 Å². The predicted octanol–water partition coefficient (Wildman–Crippen LogP) is 5.72. The molecule has 0 unspecified atom stereocenters. The number of benzene rings is 1. The zero-order valence-electron chi connectivity index (χ0n) is 25.7. The van der Waals surface area contributed by atoms with Crippen molar-refractivity contribution in [1.82, 2.24) is 14.8 Å². The lowest BCUT2D eigenvalue weighted by Crippen LogP contribution is -2.57. The summed E-state index contributed by atoms with van der Waals surface area (Å²) in [6.45, 7) is 4.13. The largest absolute Gasteiger partial charge is 0.456 e. The molecule has 3 fully saturated rings. The van der Waals surface area contributed by atoms with E-state index < -0.39 is 17.5 Å². The van der Waals surface area contributed by atoms with E-state index in [1.165, 1.54) is 29.0 Å². The summed E-state index contributed by atoms with van der Waals surface area (Å²) in [6.07, 6.45) is 7.39. The lowest BCUT2D eigenvalue weighted by molar-refractivity contribution is -0.138. The molecular weight excluding hydrogens is 626 g/mol. The molecule has 3 saturated carbocycles. The van der Waals surface area contributed by atoms with E-state index in [9.17, 15) is 19.1 Å². The van der Waals surface area contributed by atoms with E-state index in [1.54, 1.807) is 28.4 Å². The average molecular weight is 662 g/mol. The van der Waals surface area contributed by atoms with E-state index in [1.807, 2.05) is 0 Å². The smallest absolute Gasteiger partial charge is 0.367 e. The number of halogens is 1. The van der Waals surface area contributed by atoms with Crippen molar-refractivity contribution >= 4 is 40.3 Å². The van der Waals surface area contributed by atoms with Gasteiger partial charge in [0.1, 0.15) is 24.2 Å². The van der Waals surface area contributed by atoms with Crippen LogP contribution in [0.2, 0.25) is 0 Å². The van der Waals surface area contributed by atoms with Crippen LogP contribution in [0.1, 0.15) is 77.5 Å². The molecule has 7 rings (SSSR count). The fourth-order valence-electron chi connectivity index (χ4n) is 9.13. The van der Waals surface area contributed by atoms with Crippen LogP contribution in [0.3, 0.4) is 0 Å². The summed E-state index contributed by atoms with van der Waals surface area (Å²) < 4.78 is 21.6. The number of carbonyl (C=O) groups is 2. The van der Waals surface area contributed by atoms with E-state index in [-0.39, 0.29) is 46.6 Å². The molecule has 2 heterocycles. The van der Waals surface area contributed by atoms with Crippen LogP contribution in [0, 0.1) is 46.2 Å². The number of thioether (sulfide) groups is 1. The highest BCUT2D eigenvalue weighted by atomic mass is 32.2. The zero-order chi connectivity index (χ0) is 32.2. The number of hydrogen-bond donors (Lipinski definition) is 2. The lowest BCUT2D eigenvalue weighted by atomic mass is 9.46. The maximum atomic E-state index is 13.8. The molecular formula is C35H36FN3O5S2. The molecule has 8 nitrogen and oxygen atoms in total. The fraction of sp³-hybridized carbons (Fsp3) is 0.486. The van der Waals surface area contributed by atoms with E-state index in [0.29, 0.717) is 35.1 Å². The average Bonchev–Trinajstić information content (AvgIpc) is 3.76. The minimum Gasteiger partial charge on any atom is -0.456 e. The summed E-state index contributed by atoms with van der Waals surface area (Å²) in [7, 11) is 0. The quantitative estimate of drug-likeness (QED) is 0.264. The van der Waals surface area contributed by atoms with Crippen LogP contribution < -0.4 is 0 Å². The Bertz CT molecular complexity index is 1760. The van der Waals surface area contributed by atoms with Crippen LogP contribution >= 0.6 is 23.1 Å². The Morgan fingerprint density at radius 2 is 2.00 bits per heavy atom. The van der Waals surface area contributed by atoms with Gasteiger partial charge in [0.25, 0.3) is 0 Å². The highest BCUT2D eigenvalue weighted by molar-refractivity contribution is 8.14.